The van der Waals surface area contributed by atoms with Gasteiger partial charge in [0.15, 0.2) is 0 Å². The van der Waals surface area contributed by atoms with E-state index in [1.165, 1.54) is 0 Å². The molecule has 1 saturated heterocycles. The second-order valence-corrected chi connectivity index (χ2v) is 2.44. The van der Waals surface area contributed by atoms with Gasteiger partial charge in [-0.3, -0.25) is 0 Å². The molecule has 0 N–H and O–H groups in total. The van der Waals surface area contributed by atoms with Crippen LogP contribution in [0.5, 0.6) is 0 Å². The Hall–Kier alpha value is -0.120. The zero-order chi connectivity index (χ0) is 7.40. The Morgan fingerprint density at radius 1 is 1.60 bits per heavy atom. The second-order valence-electron chi connectivity index (χ2n) is 2.44. The van der Waals surface area contributed by atoms with Crippen LogP contribution in [0.2, 0.25) is 0 Å². The zero-order valence-corrected chi connectivity index (χ0v) is 6.50. The van der Waals surface area contributed by atoms with Crippen LogP contribution in [0.4, 0.5) is 0 Å². The van der Waals surface area contributed by atoms with E-state index in [2.05, 4.69) is 6.92 Å². The van der Waals surface area contributed by atoms with Crippen molar-refractivity contribution in [2.24, 2.45) is 0 Å². The molecule has 2 unspecified atom stereocenters. The van der Waals surface area contributed by atoms with Crippen molar-refractivity contribution in [3.05, 3.63) is 0 Å². The lowest BCUT2D eigenvalue weighted by molar-refractivity contribution is -0.235. The molecule has 0 spiro atoms. The summed E-state index contributed by atoms with van der Waals surface area (Å²) >= 11 is 0. The van der Waals surface area contributed by atoms with Crippen molar-refractivity contribution in [3.8, 4) is 0 Å². The highest BCUT2D eigenvalue weighted by Gasteiger charge is 2.22. The minimum absolute atomic E-state index is 0.182. The quantitative estimate of drug-likeness (QED) is 0.597. The Morgan fingerprint density at radius 3 is 2.90 bits per heavy atom. The topological polar surface area (TPSA) is 27.7 Å². The molecule has 0 radical (unpaired) electrons. The van der Waals surface area contributed by atoms with Gasteiger partial charge in [-0.1, -0.05) is 6.92 Å². The largest absolute Gasteiger partial charge is 0.330 e. The fourth-order valence-corrected chi connectivity index (χ4v) is 0.784. The molecule has 3 nitrogen and oxygen atoms in total. The van der Waals surface area contributed by atoms with Gasteiger partial charge < -0.3 is 14.2 Å². The number of hydrogen-bond acceptors (Lipinski definition) is 3. The summed E-state index contributed by atoms with van der Waals surface area (Å²) in [5, 5.41) is 0. The van der Waals surface area contributed by atoms with Gasteiger partial charge >= 0.3 is 0 Å². The van der Waals surface area contributed by atoms with Crippen molar-refractivity contribution in [1.29, 1.82) is 0 Å². The van der Waals surface area contributed by atoms with E-state index in [0.29, 0.717) is 13.2 Å². The highest BCUT2D eigenvalue weighted by molar-refractivity contribution is 4.52. The van der Waals surface area contributed by atoms with Crippen molar-refractivity contribution < 1.29 is 14.2 Å². The molecule has 60 valence electrons. The van der Waals surface area contributed by atoms with Crippen LogP contribution in [0, 0.1) is 0 Å². The van der Waals surface area contributed by atoms with Crippen LogP contribution in [-0.2, 0) is 14.2 Å². The predicted molar refractivity (Wildman–Crippen MR) is 36.5 cm³/mol. The molecule has 10 heavy (non-hydrogen) atoms. The van der Waals surface area contributed by atoms with Crippen molar-refractivity contribution in [1.82, 2.24) is 0 Å². The summed E-state index contributed by atoms with van der Waals surface area (Å²) in [6, 6.07) is 0. The number of rotatable bonds is 3. The Labute approximate surface area is 61.3 Å². The normalized spacial score (nSPS) is 33.0. The molecule has 0 saturated carbocycles. The van der Waals surface area contributed by atoms with Crippen LogP contribution in [-0.4, -0.2) is 25.8 Å². The molecular formula is C7H14O3. The van der Waals surface area contributed by atoms with Crippen LogP contribution >= 0.6 is 0 Å². The SMILES string of the molecule is CCCOC1OCC(C)O1. The summed E-state index contributed by atoms with van der Waals surface area (Å²) in [5.41, 5.74) is 0. The van der Waals surface area contributed by atoms with Crippen LogP contribution in [0.3, 0.4) is 0 Å². The van der Waals surface area contributed by atoms with E-state index in [1.54, 1.807) is 0 Å². The Balaban J connectivity index is 2.06. The molecule has 0 aromatic rings. The first-order valence-electron chi connectivity index (χ1n) is 3.71. The molecule has 0 amide bonds. The van der Waals surface area contributed by atoms with Crippen LogP contribution < -0.4 is 0 Å². The molecule has 0 bridgehead atoms. The summed E-state index contributed by atoms with van der Waals surface area (Å²) in [6.07, 6.45) is 1.18. The average Bonchev–Trinajstić information content (AvgIpc) is 2.31. The van der Waals surface area contributed by atoms with Gasteiger partial charge in [-0.05, 0) is 13.3 Å². The first-order valence-corrected chi connectivity index (χ1v) is 3.71. The molecule has 2 atom stereocenters. The molecule has 1 aliphatic rings. The van der Waals surface area contributed by atoms with E-state index in [4.69, 9.17) is 14.2 Å². The van der Waals surface area contributed by atoms with Gasteiger partial charge in [-0.25, -0.2) is 0 Å². The first-order chi connectivity index (χ1) is 4.83. The van der Waals surface area contributed by atoms with Gasteiger partial charge in [0.2, 0.25) is 0 Å². The maximum atomic E-state index is 5.22. The zero-order valence-electron chi connectivity index (χ0n) is 6.50. The highest BCUT2D eigenvalue weighted by Crippen LogP contribution is 2.11. The molecule has 1 rings (SSSR count). The Morgan fingerprint density at radius 2 is 2.40 bits per heavy atom. The number of hydrogen-bond donors (Lipinski definition) is 0. The van der Waals surface area contributed by atoms with E-state index < -0.39 is 6.48 Å². The lowest BCUT2D eigenvalue weighted by Gasteiger charge is -2.08. The summed E-state index contributed by atoms with van der Waals surface area (Å²) in [5.74, 6) is 0. The fourth-order valence-electron chi connectivity index (χ4n) is 0.784. The third kappa shape index (κ3) is 2.25. The minimum atomic E-state index is -0.407. The van der Waals surface area contributed by atoms with Crippen LogP contribution in [0.1, 0.15) is 20.3 Å². The van der Waals surface area contributed by atoms with Crippen molar-refractivity contribution in [2.75, 3.05) is 13.2 Å². The van der Waals surface area contributed by atoms with Crippen LogP contribution in [0.25, 0.3) is 0 Å². The molecule has 0 aromatic heterocycles. The van der Waals surface area contributed by atoms with Gasteiger partial charge in [0.1, 0.15) is 0 Å². The van der Waals surface area contributed by atoms with Crippen molar-refractivity contribution in [3.63, 3.8) is 0 Å². The lowest BCUT2D eigenvalue weighted by atomic mass is 10.5. The number of ether oxygens (including phenoxy) is 3. The van der Waals surface area contributed by atoms with E-state index in [0.717, 1.165) is 6.42 Å². The molecule has 1 heterocycles. The van der Waals surface area contributed by atoms with Crippen molar-refractivity contribution >= 4 is 0 Å². The molecule has 1 aliphatic heterocycles. The van der Waals surface area contributed by atoms with E-state index in [1.807, 2.05) is 6.92 Å². The average molecular weight is 146 g/mol. The summed E-state index contributed by atoms with van der Waals surface area (Å²) in [6.45, 7) is 4.97. The third-order valence-electron chi connectivity index (χ3n) is 1.27. The molecule has 0 aromatic carbocycles. The van der Waals surface area contributed by atoms with Gasteiger partial charge in [-0.2, -0.15) is 0 Å². The summed E-state index contributed by atoms with van der Waals surface area (Å²) in [4.78, 5) is 0. The summed E-state index contributed by atoms with van der Waals surface area (Å²) in [7, 11) is 0. The lowest BCUT2D eigenvalue weighted by Crippen LogP contribution is -2.14. The highest BCUT2D eigenvalue weighted by atomic mass is 16.9. The molecular weight excluding hydrogens is 132 g/mol. The minimum Gasteiger partial charge on any atom is -0.330 e. The maximum Gasteiger partial charge on any atom is 0.272 e. The second kappa shape index (κ2) is 3.91. The fraction of sp³-hybridized carbons (Fsp3) is 1.00. The maximum absolute atomic E-state index is 5.22. The van der Waals surface area contributed by atoms with E-state index >= 15 is 0 Å². The summed E-state index contributed by atoms with van der Waals surface area (Å²) < 4.78 is 15.5. The van der Waals surface area contributed by atoms with Gasteiger partial charge in [0, 0.05) is 0 Å². The predicted octanol–water partition coefficient (Wildman–Crippen LogP) is 1.13. The van der Waals surface area contributed by atoms with Gasteiger partial charge in [0.25, 0.3) is 6.48 Å². The van der Waals surface area contributed by atoms with Gasteiger partial charge in [0.05, 0.1) is 19.3 Å². The standard InChI is InChI=1S/C7H14O3/c1-3-4-8-7-9-5-6(2)10-7/h6-7H,3-5H2,1-2H3. The molecule has 0 aliphatic carbocycles. The Bertz CT molecular complexity index is 94.9. The molecule has 1 fully saturated rings. The third-order valence-corrected chi connectivity index (χ3v) is 1.27. The Kier molecular flexibility index (Phi) is 3.12. The smallest absolute Gasteiger partial charge is 0.272 e. The van der Waals surface area contributed by atoms with Crippen molar-refractivity contribution in [2.45, 2.75) is 32.8 Å². The van der Waals surface area contributed by atoms with Crippen LogP contribution in [0.15, 0.2) is 0 Å². The van der Waals surface area contributed by atoms with Gasteiger partial charge in [-0.15, -0.1) is 0 Å². The first kappa shape index (κ1) is 7.98. The van der Waals surface area contributed by atoms with E-state index in [-0.39, 0.29) is 6.10 Å². The monoisotopic (exact) mass is 146 g/mol. The van der Waals surface area contributed by atoms with E-state index in [9.17, 15) is 0 Å². The molecule has 3 heteroatoms.